The molecule has 0 aliphatic carbocycles. The van der Waals surface area contributed by atoms with E-state index in [4.69, 9.17) is 0 Å². The van der Waals surface area contributed by atoms with E-state index < -0.39 is 6.10 Å². The Hall–Kier alpha value is -2.12. The van der Waals surface area contributed by atoms with Crippen LogP contribution in [0.5, 0.6) is 0 Å². The van der Waals surface area contributed by atoms with Gasteiger partial charge in [-0.05, 0) is 0 Å². The van der Waals surface area contributed by atoms with Gasteiger partial charge in [0.25, 0.3) is 0 Å². The average Bonchev–Trinajstić information content (AvgIpc) is 2.63. The Bertz CT molecular complexity index is 752. The fourth-order valence-corrected chi connectivity index (χ4v) is 4.42. The van der Waals surface area contributed by atoms with Crippen molar-refractivity contribution < 1.29 is 5.11 Å². The summed E-state index contributed by atoms with van der Waals surface area (Å²) in [5.41, 5.74) is 2.06. The van der Waals surface area contributed by atoms with E-state index in [-0.39, 0.29) is 15.0 Å². The maximum atomic E-state index is 10.9. The molecule has 23 heavy (non-hydrogen) atoms. The number of hydrogen-bond acceptors (Lipinski definition) is 1. The second-order valence-electron chi connectivity index (χ2n) is 5.19. The van der Waals surface area contributed by atoms with Crippen LogP contribution in [0.2, 0.25) is 0 Å². The summed E-state index contributed by atoms with van der Waals surface area (Å²) in [7, 11) is 0. The van der Waals surface area contributed by atoms with Crippen LogP contribution in [0.15, 0.2) is 95.5 Å². The van der Waals surface area contributed by atoms with Gasteiger partial charge in [0.2, 0.25) is 0 Å². The zero-order valence-corrected chi connectivity index (χ0v) is 14.4. The van der Waals surface area contributed by atoms with Crippen LogP contribution < -0.4 is 4.46 Å². The Kier molecular flexibility index (Phi) is 5.44. The average molecular weight is 365 g/mol. The minimum absolute atomic E-state index is 0.0758. The van der Waals surface area contributed by atoms with Crippen molar-refractivity contribution in [1.29, 1.82) is 0 Å². The molecule has 3 rings (SSSR count). The molecular weight excluding hydrogens is 347 g/mol. The molecule has 0 saturated carbocycles. The molecule has 2 heteroatoms. The van der Waals surface area contributed by atoms with E-state index in [9.17, 15) is 5.11 Å². The molecule has 1 atom stereocenters. The van der Waals surface area contributed by atoms with Crippen molar-refractivity contribution in [3.63, 3.8) is 0 Å². The second kappa shape index (κ2) is 7.94. The number of hydrogen-bond donors (Lipinski definition) is 1. The molecule has 0 radical (unpaired) electrons. The van der Waals surface area contributed by atoms with E-state index >= 15 is 0 Å². The van der Waals surface area contributed by atoms with Gasteiger partial charge in [0.05, 0.1) is 0 Å². The Labute approximate surface area is 143 Å². The molecule has 0 spiro atoms. The Morgan fingerprint density at radius 2 is 1.26 bits per heavy atom. The fraction of sp³-hybridized carbons (Fsp3) is 0.0476. The topological polar surface area (TPSA) is 20.2 Å². The first-order valence-electron chi connectivity index (χ1n) is 7.55. The number of aliphatic hydroxyl groups is 1. The van der Waals surface area contributed by atoms with Crippen molar-refractivity contribution in [3.05, 3.63) is 107 Å². The van der Waals surface area contributed by atoms with Crippen LogP contribution in [0.4, 0.5) is 0 Å². The van der Waals surface area contributed by atoms with Gasteiger partial charge in [0.1, 0.15) is 0 Å². The van der Waals surface area contributed by atoms with Gasteiger partial charge in [-0.1, -0.05) is 0 Å². The van der Waals surface area contributed by atoms with Crippen LogP contribution in [0.1, 0.15) is 17.2 Å². The quantitative estimate of drug-likeness (QED) is 0.682. The van der Waals surface area contributed by atoms with Crippen molar-refractivity contribution in [1.82, 2.24) is 0 Å². The number of rotatable bonds is 5. The molecule has 3 aromatic rings. The predicted octanol–water partition coefficient (Wildman–Crippen LogP) is 3.79. The van der Waals surface area contributed by atoms with E-state index in [1.54, 1.807) is 0 Å². The zero-order chi connectivity index (χ0) is 15.9. The molecular formula is C21H18OSe. The Morgan fingerprint density at radius 1 is 0.739 bits per heavy atom. The minimum atomic E-state index is -0.573. The predicted molar refractivity (Wildman–Crippen MR) is 97.7 cm³/mol. The molecule has 0 aliphatic rings. The van der Waals surface area contributed by atoms with E-state index in [1.165, 1.54) is 4.46 Å². The van der Waals surface area contributed by atoms with E-state index in [2.05, 4.69) is 30.3 Å². The van der Waals surface area contributed by atoms with E-state index in [0.29, 0.717) is 0 Å². The van der Waals surface area contributed by atoms with Gasteiger partial charge < -0.3 is 0 Å². The van der Waals surface area contributed by atoms with Gasteiger partial charge in [-0.2, -0.15) is 0 Å². The molecule has 0 aromatic heterocycles. The third kappa shape index (κ3) is 4.43. The van der Waals surface area contributed by atoms with Crippen LogP contribution in [0.3, 0.4) is 0 Å². The SMILES string of the molecule is OC(/C(=C/c1ccccc1)[Se]c1ccccc1)c1ccccc1. The van der Waals surface area contributed by atoms with Gasteiger partial charge >= 0.3 is 143 Å². The number of benzene rings is 3. The Morgan fingerprint density at radius 3 is 1.87 bits per heavy atom. The summed E-state index contributed by atoms with van der Waals surface area (Å²) in [6.07, 6.45) is 1.54. The van der Waals surface area contributed by atoms with Gasteiger partial charge in [-0.25, -0.2) is 0 Å². The van der Waals surface area contributed by atoms with Gasteiger partial charge in [0.15, 0.2) is 0 Å². The summed E-state index contributed by atoms with van der Waals surface area (Å²) >= 11 is 0.0758. The number of aliphatic hydroxyl groups excluding tert-OH is 1. The monoisotopic (exact) mass is 366 g/mol. The third-order valence-corrected chi connectivity index (χ3v) is 5.75. The van der Waals surface area contributed by atoms with E-state index in [0.717, 1.165) is 15.6 Å². The molecule has 3 aromatic carbocycles. The molecule has 0 fully saturated rings. The van der Waals surface area contributed by atoms with Crippen LogP contribution >= 0.6 is 0 Å². The molecule has 0 heterocycles. The normalized spacial score (nSPS) is 12.8. The van der Waals surface area contributed by atoms with Crippen LogP contribution in [-0.2, 0) is 0 Å². The molecule has 1 unspecified atom stereocenters. The van der Waals surface area contributed by atoms with Gasteiger partial charge in [0, 0.05) is 0 Å². The summed E-state index contributed by atoms with van der Waals surface area (Å²) in [5, 5.41) is 10.9. The molecule has 0 amide bonds. The fourth-order valence-electron chi connectivity index (χ4n) is 2.30. The van der Waals surface area contributed by atoms with Crippen molar-refractivity contribution in [2.24, 2.45) is 0 Å². The summed E-state index contributed by atoms with van der Waals surface area (Å²) < 4.78 is 2.32. The third-order valence-electron chi connectivity index (χ3n) is 3.47. The first kappa shape index (κ1) is 15.8. The first-order chi connectivity index (χ1) is 11.3. The summed E-state index contributed by atoms with van der Waals surface area (Å²) in [6, 6.07) is 30.4. The molecule has 1 nitrogen and oxygen atoms in total. The summed E-state index contributed by atoms with van der Waals surface area (Å²) in [5.74, 6) is 0. The standard InChI is InChI=1S/C21H18OSe/c22-21(18-12-6-2-7-13-18)20(16-17-10-4-1-5-11-17)23-19-14-8-3-9-15-19/h1-16,21-22H/b20-16-. The zero-order valence-electron chi connectivity index (χ0n) is 12.7. The van der Waals surface area contributed by atoms with Crippen molar-refractivity contribution in [2.75, 3.05) is 0 Å². The van der Waals surface area contributed by atoms with Crippen LogP contribution in [0, 0.1) is 0 Å². The first-order valence-corrected chi connectivity index (χ1v) is 9.27. The van der Waals surface area contributed by atoms with Crippen molar-refractivity contribution in [2.45, 2.75) is 6.10 Å². The molecule has 0 bridgehead atoms. The maximum absolute atomic E-state index is 10.9. The van der Waals surface area contributed by atoms with Gasteiger partial charge in [-0.3, -0.25) is 0 Å². The Balaban J connectivity index is 1.94. The molecule has 0 saturated heterocycles. The van der Waals surface area contributed by atoms with Crippen molar-refractivity contribution >= 4 is 25.5 Å². The molecule has 1 N–H and O–H groups in total. The van der Waals surface area contributed by atoms with Gasteiger partial charge in [-0.15, -0.1) is 0 Å². The van der Waals surface area contributed by atoms with Crippen LogP contribution in [0.25, 0.3) is 6.08 Å². The van der Waals surface area contributed by atoms with Crippen molar-refractivity contribution in [3.8, 4) is 0 Å². The molecule has 0 aliphatic heterocycles. The summed E-state index contributed by atoms with van der Waals surface area (Å²) in [4.78, 5) is 0. The van der Waals surface area contributed by atoms with Crippen LogP contribution in [-0.4, -0.2) is 20.1 Å². The molecule has 114 valence electrons. The second-order valence-corrected chi connectivity index (χ2v) is 7.59. The summed E-state index contributed by atoms with van der Waals surface area (Å²) in [6.45, 7) is 0. The van der Waals surface area contributed by atoms with E-state index in [1.807, 2.05) is 66.7 Å².